The summed E-state index contributed by atoms with van der Waals surface area (Å²) in [4.78, 5) is 10.1. The van der Waals surface area contributed by atoms with Crippen molar-refractivity contribution >= 4 is 5.97 Å². The highest BCUT2D eigenvalue weighted by Crippen LogP contribution is 1.95. The molecule has 0 atom stereocenters. The molecule has 0 aliphatic heterocycles. The van der Waals surface area contributed by atoms with Crippen molar-refractivity contribution in [2.45, 2.75) is 13.5 Å². The highest BCUT2D eigenvalue weighted by atomic mass is 16.4. The number of carboxylic acid groups (broad SMARTS) is 1. The first-order chi connectivity index (χ1) is 5.70. The first-order valence-corrected chi connectivity index (χ1v) is 3.58. The molecule has 0 aliphatic rings. The van der Waals surface area contributed by atoms with Crippen LogP contribution in [-0.4, -0.2) is 20.9 Å². The molecule has 0 saturated carbocycles. The quantitative estimate of drug-likeness (QED) is 0.677. The van der Waals surface area contributed by atoms with Gasteiger partial charge >= 0.3 is 5.97 Å². The van der Waals surface area contributed by atoms with E-state index in [0.717, 1.165) is 11.8 Å². The summed E-state index contributed by atoms with van der Waals surface area (Å²) in [6, 6.07) is 1.87. The standard InChI is InChI=1S/C8H10N2O2/c1-7-4-5-9-10(7)6-2-3-8(11)12/h2-5H,6H2,1H3,(H,11,12). The minimum absolute atomic E-state index is 0.505. The zero-order valence-corrected chi connectivity index (χ0v) is 6.77. The van der Waals surface area contributed by atoms with Gasteiger partial charge in [0.15, 0.2) is 0 Å². The number of hydrogen-bond donors (Lipinski definition) is 1. The molecule has 1 aromatic heterocycles. The number of rotatable bonds is 3. The van der Waals surface area contributed by atoms with Crippen LogP contribution in [0, 0.1) is 6.92 Å². The molecule has 4 nitrogen and oxygen atoms in total. The third kappa shape index (κ3) is 2.23. The zero-order valence-electron chi connectivity index (χ0n) is 6.77. The van der Waals surface area contributed by atoms with E-state index in [0.29, 0.717) is 6.54 Å². The summed E-state index contributed by atoms with van der Waals surface area (Å²) in [5.41, 5.74) is 1.02. The van der Waals surface area contributed by atoms with Crippen molar-refractivity contribution in [2.24, 2.45) is 0 Å². The fourth-order valence-electron chi connectivity index (χ4n) is 0.843. The topological polar surface area (TPSA) is 55.1 Å². The first kappa shape index (κ1) is 8.52. The summed E-state index contributed by atoms with van der Waals surface area (Å²) in [5, 5.41) is 12.3. The molecule has 1 aromatic rings. The van der Waals surface area contributed by atoms with Gasteiger partial charge in [0.25, 0.3) is 0 Å². The van der Waals surface area contributed by atoms with Crippen LogP contribution in [0.2, 0.25) is 0 Å². The van der Waals surface area contributed by atoms with E-state index in [9.17, 15) is 4.79 Å². The van der Waals surface area contributed by atoms with Gasteiger partial charge in [0, 0.05) is 18.0 Å². The lowest BCUT2D eigenvalue weighted by atomic mass is 10.4. The Hall–Kier alpha value is -1.58. The molecule has 1 heterocycles. The van der Waals surface area contributed by atoms with Crippen LogP contribution in [0.5, 0.6) is 0 Å². The van der Waals surface area contributed by atoms with Gasteiger partial charge in [-0.25, -0.2) is 4.79 Å². The van der Waals surface area contributed by atoms with E-state index < -0.39 is 5.97 Å². The van der Waals surface area contributed by atoms with Crippen molar-refractivity contribution < 1.29 is 9.90 Å². The van der Waals surface area contributed by atoms with Gasteiger partial charge in [0.1, 0.15) is 0 Å². The minimum atomic E-state index is -0.931. The molecule has 0 bridgehead atoms. The minimum Gasteiger partial charge on any atom is -0.478 e. The van der Waals surface area contributed by atoms with Crippen LogP contribution in [-0.2, 0) is 11.3 Å². The molecule has 0 aromatic carbocycles. The van der Waals surface area contributed by atoms with Crippen molar-refractivity contribution in [1.29, 1.82) is 0 Å². The van der Waals surface area contributed by atoms with Gasteiger partial charge in [-0.3, -0.25) is 4.68 Å². The van der Waals surface area contributed by atoms with E-state index in [-0.39, 0.29) is 0 Å². The highest BCUT2D eigenvalue weighted by molar-refractivity contribution is 5.79. The van der Waals surface area contributed by atoms with Gasteiger partial charge in [0.2, 0.25) is 0 Å². The number of nitrogens with zero attached hydrogens (tertiary/aromatic N) is 2. The van der Waals surface area contributed by atoms with E-state index in [2.05, 4.69) is 5.10 Å². The summed E-state index contributed by atoms with van der Waals surface area (Å²) in [6.45, 7) is 2.42. The van der Waals surface area contributed by atoms with Gasteiger partial charge in [-0.2, -0.15) is 5.10 Å². The largest absolute Gasteiger partial charge is 0.478 e. The maximum atomic E-state index is 10.1. The van der Waals surface area contributed by atoms with Crippen LogP contribution < -0.4 is 0 Å². The SMILES string of the molecule is Cc1ccnn1CC=CC(=O)O. The van der Waals surface area contributed by atoms with Crippen LogP contribution in [0.25, 0.3) is 0 Å². The second-order valence-corrected chi connectivity index (χ2v) is 2.40. The van der Waals surface area contributed by atoms with Gasteiger partial charge in [-0.1, -0.05) is 6.08 Å². The molecular weight excluding hydrogens is 156 g/mol. The smallest absolute Gasteiger partial charge is 0.328 e. The number of carbonyl (C=O) groups is 1. The van der Waals surface area contributed by atoms with Crippen molar-refractivity contribution in [3.8, 4) is 0 Å². The van der Waals surface area contributed by atoms with Crippen LogP contribution >= 0.6 is 0 Å². The number of allylic oxidation sites excluding steroid dienone is 1. The van der Waals surface area contributed by atoms with Crippen molar-refractivity contribution in [3.05, 3.63) is 30.1 Å². The lowest BCUT2D eigenvalue weighted by molar-refractivity contribution is -0.131. The Kier molecular flexibility index (Phi) is 2.63. The maximum Gasteiger partial charge on any atom is 0.328 e. The number of aliphatic carboxylic acids is 1. The van der Waals surface area contributed by atoms with Crippen molar-refractivity contribution in [2.75, 3.05) is 0 Å². The molecule has 0 saturated heterocycles. The van der Waals surface area contributed by atoms with E-state index in [1.165, 1.54) is 0 Å². The predicted molar refractivity (Wildman–Crippen MR) is 43.7 cm³/mol. The van der Waals surface area contributed by atoms with Crippen LogP contribution in [0.4, 0.5) is 0 Å². The molecule has 0 fully saturated rings. The number of carboxylic acids is 1. The van der Waals surface area contributed by atoms with Gasteiger partial charge in [-0.15, -0.1) is 0 Å². The van der Waals surface area contributed by atoms with E-state index >= 15 is 0 Å². The van der Waals surface area contributed by atoms with Crippen LogP contribution in [0.3, 0.4) is 0 Å². The summed E-state index contributed by atoms with van der Waals surface area (Å²) in [6.07, 6.45) is 4.35. The van der Waals surface area contributed by atoms with E-state index in [4.69, 9.17) is 5.11 Å². The fraction of sp³-hybridized carbons (Fsp3) is 0.250. The van der Waals surface area contributed by atoms with E-state index in [1.807, 2.05) is 13.0 Å². The summed E-state index contributed by atoms with van der Waals surface area (Å²) in [5.74, 6) is -0.931. The molecule has 0 radical (unpaired) electrons. The Morgan fingerprint density at radius 2 is 2.58 bits per heavy atom. The average molecular weight is 166 g/mol. The molecule has 1 rings (SSSR count). The van der Waals surface area contributed by atoms with Gasteiger partial charge in [-0.05, 0) is 13.0 Å². The summed E-state index contributed by atoms with van der Waals surface area (Å²) in [7, 11) is 0. The predicted octanol–water partition coefficient (Wildman–Crippen LogP) is 0.832. The third-order valence-corrected chi connectivity index (χ3v) is 1.47. The lowest BCUT2D eigenvalue weighted by Crippen LogP contribution is -2.00. The molecule has 1 N–H and O–H groups in total. The molecule has 12 heavy (non-hydrogen) atoms. The highest BCUT2D eigenvalue weighted by Gasteiger charge is 1.92. The number of aryl methyl sites for hydroxylation is 1. The Balaban J connectivity index is 2.54. The lowest BCUT2D eigenvalue weighted by Gasteiger charge is -1.97. The third-order valence-electron chi connectivity index (χ3n) is 1.47. The molecule has 0 aliphatic carbocycles. The molecule has 64 valence electrons. The van der Waals surface area contributed by atoms with Crippen molar-refractivity contribution in [3.63, 3.8) is 0 Å². The second kappa shape index (κ2) is 3.71. The molecule has 0 amide bonds. The normalized spacial score (nSPS) is 10.8. The average Bonchev–Trinajstić information content (AvgIpc) is 2.36. The Bertz CT molecular complexity index is 302. The Morgan fingerprint density at radius 1 is 1.83 bits per heavy atom. The van der Waals surface area contributed by atoms with Gasteiger partial charge < -0.3 is 5.11 Å². The summed E-state index contributed by atoms with van der Waals surface area (Å²) >= 11 is 0. The van der Waals surface area contributed by atoms with Crippen molar-refractivity contribution in [1.82, 2.24) is 9.78 Å². The molecule has 0 spiro atoms. The molecular formula is C8H10N2O2. The number of hydrogen-bond acceptors (Lipinski definition) is 2. The first-order valence-electron chi connectivity index (χ1n) is 3.58. The van der Waals surface area contributed by atoms with Gasteiger partial charge in [0.05, 0.1) is 6.54 Å². The zero-order chi connectivity index (χ0) is 8.97. The van der Waals surface area contributed by atoms with Crippen LogP contribution in [0.1, 0.15) is 5.69 Å². The number of aromatic nitrogens is 2. The van der Waals surface area contributed by atoms with Crippen LogP contribution in [0.15, 0.2) is 24.4 Å². The molecule has 0 unspecified atom stereocenters. The summed E-state index contributed by atoms with van der Waals surface area (Å²) < 4.78 is 1.72. The fourth-order valence-corrected chi connectivity index (χ4v) is 0.843. The Morgan fingerprint density at radius 3 is 3.08 bits per heavy atom. The maximum absolute atomic E-state index is 10.1. The molecule has 4 heteroatoms. The van der Waals surface area contributed by atoms with E-state index in [1.54, 1.807) is 17.0 Å². The monoisotopic (exact) mass is 166 g/mol. The second-order valence-electron chi connectivity index (χ2n) is 2.40. The Labute approximate surface area is 70.1 Å².